The normalized spacial score (nSPS) is 52.8. The highest BCUT2D eigenvalue weighted by molar-refractivity contribution is 5.14. The molecule has 0 aromatic heterocycles. The zero-order valence-electron chi connectivity index (χ0n) is 20.8. The van der Waals surface area contributed by atoms with Gasteiger partial charge < -0.3 is 10.2 Å². The van der Waals surface area contributed by atoms with Crippen molar-refractivity contribution in [1.29, 1.82) is 0 Å². The first-order valence-corrected chi connectivity index (χ1v) is 13.3. The van der Waals surface area contributed by atoms with Crippen LogP contribution in [-0.4, -0.2) is 21.9 Å². The Morgan fingerprint density at radius 1 is 0.767 bits per heavy atom. The Bertz CT molecular complexity index is 626. The number of hydrogen-bond donors (Lipinski definition) is 2. The zero-order valence-corrected chi connectivity index (χ0v) is 20.8. The Morgan fingerprint density at radius 2 is 1.43 bits per heavy atom. The predicted molar refractivity (Wildman–Crippen MR) is 125 cm³/mol. The van der Waals surface area contributed by atoms with E-state index in [4.69, 9.17) is 0 Å². The number of aliphatic hydroxyl groups is 2. The molecule has 0 unspecified atom stereocenters. The molecule has 0 spiro atoms. The molecule has 2 N–H and O–H groups in total. The fourth-order valence-electron chi connectivity index (χ4n) is 10.0. The first kappa shape index (κ1) is 23.1. The maximum Gasteiger partial charge on any atom is 0.0622 e. The van der Waals surface area contributed by atoms with Gasteiger partial charge in [0.25, 0.3) is 0 Å². The van der Waals surface area contributed by atoms with E-state index >= 15 is 0 Å². The fourth-order valence-corrected chi connectivity index (χ4v) is 10.0. The minimum atomic E-state index is -0.430. The predicted octanol–water partition coefficient (Wildman–Crippen LogP) is 6.97. The van der Waals surface area contributed by atoms with Crippen LogP contribution in [0.4, 0.5) is 0 Å². The molecule has 2 heteroatoms. The summed E-state index contributed by atoms with van der Waals surface area (Å²) >= 11 is 0. The molecule has 0 heterocycles. The fraction of sp³-hybridized carbons (Fsp3) is 1.00. The highest BCUT2D eigenvalue weighted by Crippen LogP contribution is 2.73. The average Bonchev–Trinajstić information content (AvgIpc) is 3.00. The van der Waals surface area contributed by atoms with Crippen molar-refractivity contribution in [1.82, 2.24) is 0 Å². The lowest BCUT2D eigenvalue weighted by molar-refractivity contribution is -0.187. The van der Waals surface area contributed by atoms with E-state index in [-0.39, 0.29) is 6.10 Å². The summed E-state index contributed by atoms with van der Waals surface area (Å²) in [5.74, 6) is 4.11. The molecular formula is C28H50O2. The first-order chi connectivity index (χ1) is 13.9. The Labute approximate surface area is 186 Å². The minimum Gasteiger partial charge on any atom is -0.393 e. The van der Waals surface area contributed by atoms with E-state index < -0.39 is 5.60 Å². The molecule has 0 aromatic rings. The van der Waals surface area contributed by atoms with Crippen molar-refractivity contribution in [3.8, 4) is 0 Å². The average molecular weight is 419 g/mol. The van der Waals surface area contributed by atoms with Gasteiger partial charge in [-0.1, -0.05) is 40.5 Å². The summed E-state index contributed by atoms with van der Waals surface area (Å²) in [7, 11) is 0. The van der Waals surface area contributed by atoms with E-state index in [9.17, 15) is 10.2 Å². The molecule has 0 saturated heterocycles. The molecule has 0 radical (unpaired) electrons. The van der Waals surface area contributed by atoms with Crippen LogP contribution >= 0.6 is 0 Å². The van der Waals surface area contributed by atoms with E-state index in [1.54, 1.807) is 0 Å². The van der Waals surface area contributed by atoms with Crippen LogP contribution in [0.2, 0.25) is 0 Å². The van der Waals surface area contributed by atoms with Crippen LogP contribution in [0.15, 0.2) is 0 Å². The van der Waals surface area contributed by atoms with Gasteiger partial charge in [0.15, 0.2) is 0 Å². The van der Waals surface area contributed by atoms with Gasteiger partial charge in [-0.2, -0.15) is 0 Å². The van der Waals surface area contributed by atoms with Crippen LogP contribution in [0.1, 0.15) is 119 Å². The summed E-state index contributed by atoms with van der Waals surface area (Å²) in [5.41, 5.74) is 1.02. The highest BCUT2D eigenvalue weighted by atomic mass is 16.3. The van der Waals surface area contributed by atoms with Crippen molar-refractivity contribution < 1.29 is 10.2 Å². The SMILES string of the molecule is C[C@H](CCC[C@@H](C)O)[C@H]1CC[C@H]2[C@]3(C)CC[C@@H]4C[C@@](C)(O)CC[C@]4(C)[C@H]3CC[C@@]21C. The van der Waals surface area contributed by atoms with E-state index in [2.05, 4.69) is 34.6 Å². The number of fused-ring (bicyclic) bond motifs is 5. The van der Waals surface area contributed by atoms with Crippen LogP contribution in [0.3, 0.4) is 0 Å². The summed E-state index contributed by atoms with van der Waals surface area (Å²) in [4.78, 5) is 0. The van der Waals surface area contributed by atoms with Crippen LogP contribution in [0.25, 0.3) is 0 Å². The molecule has 0 aromatic carbocycles. The van der Waals surface area contributed by atoms with Gasteiger partial charge in [0.1, 0.15) is 0 Å². The van der Waals surface area contributed by atoms with Gasteiger partial charge >= 0.3 is 0 Å². The topological polar surface area (TPSA) is 40.5 Å². The molecule has 4 rings (SSSR count). The van der Waals surface area contributed by atoms with Crippen LogP contribution in [0, 0.1) is 45.8 Å². The lowest BCUT2D eigenvalue weighted by Crippen LogP contribution is -2.60. The van der Waals surface area contributed by atoms with Crippen LogP contribution in [-0.2, 0) is 0 Å². The summed E-state index contributed by atoms with van der Waals surface area (Å²) in [6.45, 7) is 14.5. The van der Waals surface area contributed by atoms with E-state index in [1.165, 1.54) is 57.8 Å². The molecule has 4 aliphatic carbocycles. The molecule has 0 amide bonds. The third-order valence-electron chi connectivity index (χ3n) is 11.6. The van der Waals surface area contributed by atoms with Crippen LogP contribution < -0.4 is 0 Å². The van der Waals surface area contributed by atoms with E-state index in [1.807, 2.05) is 6.92 Å². The van der Waals surface area contributed by atoms with Crippen molar-refractivity contribution >= 4 is 0 Å². The van der Waals surface area contributed by atoms with Gasteiger partial charge in [-0.3, -0.25) is 0 Å². The molecule has 174 valence electrons. The second-order valence-corrected chi connectivity index (χ2v) is 13.5. The quantitative estimate of drug-likeness (QED) is 0.506. The van der Waals surface area contributed by atoms with Crippen molar-refractivity contribution in [2.45, 2.75) is 130 Å². The van der Waals surface area contributed by atoms with Gasteiger partial charge in [0, 0.05) is 0 Å². The molecule has 2 nitrogen and oxygen atoms in total. The number of rotatable bonds is 5. The smallest absolute Gasteiger partial charge is 0.0622 e. The molecule has 0 bridgehead atoms. The summed E-state index contributed by atoms with van der Waals surface area (Å²) in [5, 5.41) is 20.4. The third kappa shape index (κ3) is 3.60. The Balaban J connectivity index is 1.52. The Kier molecular flexibility index (Phi) is 5.97. The van der Waals surface area contributed by atoms with Crippen molar-refractivity contribution in [3.63, 3.8) is 0 Å². The second-order valence-electron chi connectivity index (χ2n) is 13.5. The monoisotopic (exact) mass is 418 g/mol. The maximum absolute atomic E-state index is 10.8. The maximum atomic E-state index is 10.8. The minimum absolute atomic E-state index is 0.148. The largest absolute Gasteiger partial charge is 0.393 e. The van der Waals surface area contributed by atoms with E-state index in [0.29, 0.717) is 16.2 Å². The Morgan fingerprint density at radius 3 is 2.13 bits per heavy atom. The first-order valence-electron chi connectivity index (χ1n) is 13.3. The molecule has 10 atom stereocenters. The standard InChI is InChI=1S/C28H50O2/c1-19(8-7-9-20(2)29)22-10-11-23-27(22,5)15-13-24-26(4)17-16-25(3,30)18-21(26)12-14-28(23,24)6/h19-24,29-30H,7-18H2,1-6H3/t19-,20-,21-,22-,23-,24-,25+,26+,27-,28+/m1/s1. The van der Waals surface area contributed by atoms with Gasteiger partial charge in [-0.15, -0.1) is 0 Å². The van der Waals surface area contributed by atoms with Gasteiger partial charge in [0.2, 0.25) is 0 Å². The lowest BCUT2D eigenvalue weighted by Gasteiger charge is -2.66. The van der Waals surface area contributed by atoms with E-state index in [0.717, 1.165) is 48.9 Å². The summed E-state index contributed by atoms with van der Waals surface area (Å²) in [6.07, 6.45) is 14.9. The summed E-state index contributed by atoms with van der Waals surface area (Å²) in [6, 6.07) is 0. The number of aliphatic hydroxyl groups excluding tert-OH is 1. The van der Waals surface area contributed by atoms with Gasteiger partial charge in [0.05, 0.1) is 11.7 Å². The van der Waals surface area contributed by atoms with Crippen molar-refractivity contribution in [3.05, 3.63) is 0 Å². The molecule has 4 fully saturated rings. The third-order valence-corrected chi connectivity index (χ3v) is 11.6. The van der Waals surface area contributed by atoms with Crippen molar-refractivity contribution in [2.75, 3.05) is 0 Å². The number of hydrogen-bond acceptors (Lipinski definition) is 2. The Hall–Kier alpha value is -0.0800. The molecule has 0 aliphatic heterocycles. The van der Waals surface area contributed by atoms with Gasteiger partial charge in [-0.25, -0.2) is 0 Å². The molecule has 4 aliphatic rings. The highest BCUT2D eigenvalue weighted by Gasteiger charge is 2.65. The molecule has 4 saturated carbocycles. The summed E-state index contributed by atoms with van der Waals surface area (Å²) < 4.78 is 0. The second kappa shape index (κ2) is 7.75. The zero-order chi connectivity index (χ0) is 21.9. The molecular weight excluding hydrogens is 368 g/mol. The lowest BCUT2D eigenvalue weighted by atomic mass is 9.38. The molecule has 30 heavy (non-hydrogen) atoms. The van der Waals surface area contributed by atoms with Crippen molar-refractivity contribution in [2.24, 2.45) is 45.8 Å². The van der Waals surface area contributed by atoms with Crippen LogP contribution in [0.5, 0.6) is 0 Å². The van der Waals surface area contributed by atoms with Gasteiger partial charge in [-0.05, 0) is 124 Å².